The number of rotatable bonds is 11. The first-order valence-corrected chi connectivity index (χ1v) is 11.5. The zero-order chi connectivity index (χ0) is 23.3. The zero-order valence-corrected chi connectivity index (χ0v) is 19.9. The molecule has 0 fully saturated rings. The lowest BCUT2D eigenvalue weighted by Gasteiger charge is -2.12. The number of hydrogen-bond donors (Lipinski definition) is 3. The molecular formula is C25H33N3O3S. The lowest BCUT2D eigenvalue weighted by atomic mass is 10.1. The second kappa shape index (κ2) is 13.5. The molecule has 0 radical (unpaired) electrons. The number of unbranched alkanes of at least 4 members (excludes halogenated alkanes) is 2. The van der Waals surface area contributed by atoms with Crippen LogP contribution in [0.5, 0.6) is 5.75 Å². The van der Waals surface area contributed by atoms with E-state index < -0.39 is 0 Å². The fourth-order valence-electron chi connectivity index (χ4n) is 2.91. The number of ether oxygens (including phenoxy) is 1. The van der Waals surface area contributed by atoms with Gasteiger partial charge in [0.25, 0.3) is 5.91 Å². The average molecular weight is 456 g/mol. The summed E-state index contributed by atoms with van der Waals surface area (Å²) in [6.07, 6.45) is 4.44. The van der Waals surface area contributed by atoms with Crippen molar-refractivity contribution in [2.75, 3.05) is 17.2 Å². The molecular weight excluding hydrogens is 422 g/mol. The highest BCUT2D eigenvalue weighted by Crippen LogP contribution is 2.17. The van der Waals surface area contributed by atoms with Crippen LogP contribution in [-0.2, 0) is 4.79 Å². The number of thiocarbonyl (C=S) groups is 1. The van der Waals surface area contributed by atoms with Crippen molar-refractivity contribution >= 4 is 40.5 Å². The van der Waals surface area contributed by atoms with Crippen LogP contribution >= 0.6 is 12.2 Å². The highest BCUT2D eigenvalue weighted by Gasteiger charge is 2.10. The zero-order valence-electron chi connectivity index (χ0n) is 19.1. The summed E-state index contributed by atoms with van der Waals surface area (Å²) >= 11 is 5.28. The van der Waals surface area contributed by atoms with Crippen LogP contribution in [0.2, 0.25) is 0 Å². The van der Waals surface area contributed by atoms with Crippen molar-refractivity contribution in [3.05, 3.63) is 54.1 Å². The normalized spacial score (nSPS) is 10.5. The molecule has 0 bridgehead atoms. The largest absolute Gasteiger partial charge is 0.494 e. The van der Waals surface area contributed by atoms with Gasteiger partial charge in [0.05, 0.1) is 6.61 Å². The average Bonchev–Trinajstić information content (AvgIpc) is 2.74. The second-order valence-corrected chi connectivity index (χ2v) is 8.46. The molecule has 0 heterocycles. The molecule has 0 aromatic heterocycles. The van der Waals surface area contributed by atoms with E-state index >= 15 is 0 Å². The molecule has 2 amide bonds. The number of nitrogens with one attached hydrogen (secondary N) is 3. The molecule has 0 saturated carbocycles. The molecule has 0 unspecified atom stereocenters. The van der Waals surface area contributed by atoms with E-state index in [0.717, 1.165) is 25.7 Å². The fourth-order valence-corrected chi connectivity index (χ4v) is 3.12. The van der Waals surface area contributed by atoms with Crippen LogP contribution in [-0.4, -0.2) is 23.5 Å². The Balaban J connectivity index is 1.88. The first kappa shape index (κ1) is 25.3. The maximum atomic E-state index is 12.6. The van der Waals surface area contributed by atoms with E-state index in [1.165, 1.54) is 0 Å². The van der Waals surface area contributed by atoms with E-state index in [1.807, 2.05) is 24.3 Å². The van der Waals surface area contributed by atoms with Gasteiger partial charge in [-0.1, -0.05) is 45.7 Å². The van der Waals surface area contributed by atoms with Gasteiger partial charge in [0.1, 0.15) is 5.75 Å². The Kier molecular flexibility index (Phi) is 10.7. The van der Waals surface area contributed by atoms with Crippen LogP contribution in [0.25, 0.3) is 0 Å². The van der Waals surface area contributed by atoms with Gasteiger partial charge < -0.3 is 15.4 Å². The summed E-state index contributed by atoms with van der Waals surface area (Å²) in [5, 5.41) is 8.73. The van der Waals surface area contributed by atoms with E-state index in [-0.39, 0.29) is 16.9 Å². The standard InChI is InChI=1S/C25H33N3O3S/c1-4-5-6-13-23(29)26-20-10-8-11-21(17-20)27-25(32)28-24(30)19-9-7-12-22(16-19)31-15-14-18(2)3/h7-12,16-18H,4-6,13-15H2,1-3H3,(H,26,29)(H2,27,28,30,32). The number of benzene rings is 2. The molecule has 6 nitrogen and oxygen atoms in total. The van der Waals surface area contributed by atoms with Gasteiger partial charge in [-0.2, -0.15) is 0 Å². The van der Waals surface area contributed by atoms with Crippen molar-refractivity contribution in [2.45, 2.75) is 52.9 Å². The third-order valence-corrected chi connectivity index (χ3v) is 4.90. The summed E-state index contributed by atoms with van der Waals surface area (Å²) in [4.78, 5) is 24.6. The molecule has 172 valence electrons. The fraction of sp³-hybridized carbons (Fsp3) is 0.400. The topological polar surface area (TPSA) is 79.5 Å². The minimum atomic E-state index is -0.322. The second-order valence-electron chi connectivity index (χ2n) is 8.05. The van der Waals surface area contributed by atoms with Crippen LogP contribution in [0.1, 0.15) is 63.2 Å². The number of anilines is 2. The predicted octanol–water partition coefficient (Wildman–Crippen LogP) is 5.76. The van der Waals surface area contributed by atoms with Gasteiger partial charge in [-0.05, 0) is 67.4 Å². The first-order valence-electron chi connectivity index (χ1n) is 11.1. The Labute approximate surface area is 196 Å². The Hall–Kier alpha value is -2.93. The molecule has 0 aliphatic carbocycles. The van der Waals surface area contributed by atoms with Crippen molar-refractivity contribution in [1.82, 2.24) is 5.32 Å². The maximum absolute atomic E-state index is 12.6. The molecule has 0 aliphatic rings. The van der Waals surface area contributed by atoms with E-state index in [1.54, 1.807) is 24.3 Å². The molecule has 2 aromatic carbocycles. The van der Waals surface area contributed by atoms with Gasteiger partial charge in [0, 0.05) is 23.4 Å². The molecule has 3 N–H and O–H groups in total. The Bertz CT molecular complexity index is 915. The van der Waals surface area contributed by atoms with Gasteiger partial charge in [-0.25, -0.2) is 0 Å². The minimum absolute atomic E-state index is 0.0121. The Morgan fingerprint density at radius 1 is 1.00 bits per heavy atom. The van der Waals surface area contributed by atoms with Gasteiger partial charge in [0.2, 0.25) is 5.91 Å². The van der Waals surface area contributed by atoms with Crippen LogP contribution in [0, 0.1) is 5.92 Å². The Morgan fingerprint density at radius 3 is 2.44 bits per heavy atom. The SMILES string of the molecule is CCCCCC(=O)Nc1cccc(NC(=S)NC(=O)c2cccc(OCCC(C)C)c2)c1. The van der Waals surface area contributed by atoms with Crippen molar-refractivity contribution < 1.29 is 14.3 Å². The first-order chi connectivity index (χ1) is 15.4. The highest BCUT2D eigenvalue weighted by molar-refractivity contribution is 7.80. The monoisotopic (exact) mass is 455 g/mol. The quantitative estimate of drug-likeness (QED) is 0.297. The molecule has 2 rings (SSSR count). The van der Waals surface area contributed by atoms with Crippen LogP contribution in [0.15, 0.2) is 48.5 Å². The molecule has 32 heavy (non-hydrogen) atoms. The van der Waals surface area contributed by atoms with E-state index in [2.05, 4.69) is 36.7 Å². The number of carbonyl (C=O) groups is 2. The van der Waals surface area contributed by atoms with E-state index in [0.29, 0.717) is 41.6 Å². The van der Waals surface area contributed by atoms with E-state index in [9.17, 15) is 9.59 Å². The molecule has 0 atom stereocenters. The van der Waals surface area contributed by atoms with Crippen molar-refractivity contribution in [2.24, 2.45) is 5.92 Å². The summed E-state index contributed by atoms with van der Waals surface area (Å²) in [7, 11) is 0. The minimum Gasteiger partial charge on any atom is -0.494 e. The van der Waals surface area contributed by atoms with Crippen molar-refractivity contribution in [1.29, 1.82) is 0 Å². The molecule has 0 spiro atoms. The summed E-state index contributed by atoms with van der Waals surface area (Å²) in [6, 6.07) is 14.2. The van der Waals surface area contributed by atoms with Gasteiger partial charge in [-0.3, -0.25) is 14.9 Å². The molecule has 0 aliphatic heterocycles. The van der Waals surface area contributed by atoms with Crippen LogP contribution in [0.3, 0.4) is 0 Å². The smallest absolute Gasteiger partial charge is 0.257 e. The molecule has 2 aromatic rings. The summed E-state index contributed by atoms with van der Waals surface area (Å²) in [6.45, 7) is 6.98. The lowest BCUT2D eigenvalue weighted by molar-refractivity contribution is -0.116. The Morgan fingerprint density at radius 2 is 1.72 bits per heavy atom. The van der Waals surface area contributed by atoms with Crippen molar-refractivity contribution in [3.8, 4) is 5.75 Å². The van der Waals surface area contributed by atoms with Gasteiger partial charge >= 0.3 is 0 Å². The van der Waals surface area contributed by atoms with Gasteiger partial charge in [0.15, 0.2) is 5.11 Å². The number of carbonyl (C=O) groups excluding carboxylic acids is 2. The summed E-state index contributed by atoms with van der Waals surface area (Å²) in [5.41, 5.74) is 1.81. The van der Waals surface area contributed by atoms with Gasteiger partial charge in [-0.15, -0.1) is 0 Å². The highest BCUT2D eigenvalue weighted by atomic mass is 32.1. The third kappa shape index (κ3) is 9.47. The summed E-state index contributed by atoms with van der Waals surface area (Å²) in [5.74, 6) is 0.872. The molecule has 7 heteroatoms. The van der Waals surface area contributed by atoms with Crippen LogP contribution < -0.4 is 20.7 Å². The van der Waals surface area contributed by atoms with E-state index in [4.69, 9.17) is 17.0 Å². The number of amides is 2. The maximum Gasteiger partial charge on any atom is 0.257 e. The summed E-state index contributed by atoms with van der Waals surface area (Å²) < 4.78 is 5.72. The number of hydrogen-bond acceptors (Lipinski definition) is 4. The molecule has 0 saturated heterocycles. The van der Waals surface area contributed by atoms with Crippen LogP contribution in [0.4, 0.5) is 11.4 Å². The predicted molar refractivity (Wildman–Crippen MR) is 134 cm³/mol. The van der Waals surface area contributed by atoms with Crippen molar-refractivity contribution in [3.63, 3.8) is 0 Å². The lowest BCUT2D eigenvalue weighted by Crippen LogP contribution is -2.34. The third-order valence-electron chi connectivity index (χ3n) is 4.70.